The summed E-state index contributed by atoms with van der Waals surface area (Å²) in [5, 5.41) is 0.849. The third kappa shape index (κ3) is 3.28. The molecule has 0 saturated carbocycles. The second-order valence-electron chi connectivity index (χ2n) is 7.54. The van der Waals surface area contributed by atoms with Crippen LogP contribution in [0.15, 0.2) is 72.9 Å². The number of fused-ring (bicyclic) bond motifs is 3. The number of aryl methyl sites for hydroxylation is 1. The molecule has 3 aromatic carbocycles. The van der Waals surface area contributed by atoms with Gasteiger partial charge in [-0.3, -0.25) is 9.59 Å². The number of para-hydroxylation sites is 3. The minimum Gasteiger partial charge on any atom is -0.457 e. The van der Waals surface area contributed by atoms with E-state index in [1.807, 2.05) is 66.7 Å². The molecule has 0 spiro atoms. The van der Waals surface area contributed by atoms with Crippen molar-refractivity contribution >= 4 is 22.7 Å². The zero-order valence-electron chi connectivity index (χ0n) is 17.1. The lowest BCUT2D eigenvalue weighted by molar-refractivity contribution is -0.143. The van der Waals surface area contributed by atoms with Gasteiger partial charge in [-0.15, -0.1) is 0 Å². The summed E-state index contributed by atoms with van der Waals surface area (Å²) in [6.45, 7) is 1.76. The van der Waals surface area contributed by atoms with Crippen molar-refractivity contribution in [3.8, 4) is 11.5 Å². The number of carbonyl (C=O) groups excluding carboxylic acids is 2. The average molecular weight is 411 g/mol. The molecule has 154 valence electrons. The van der Waals surface area contributed by atoms with Gasteiger partial charge in [0, 0.05) is 33.8 Å². The lowest BCUT2D eigenvalue weighted by Crippen LogP contribution is -2.23. The third-order valence-corrected chi connectivity index (χ3v) is 5.74. The lowest BCUT2D eigenvalue weighted by atomic mass is 9.88. The van der Waals surface area contributed by atoms with Gasteiger partial charge in [-0.05, 0) is 24.1 Å². The molecule has 1 aromatic heterocycles. The Labute approximate surface area is 179 Å². The van der Waals surface area contributed by atoms with Gasteiger partial charge in [0.1, 0.15) is 17.4 Å². The van der Waals surface area contributed by atoms with Crippen LogP contribution in [0.4, 0.5) is 0 Å². The minimum absolute atomic E-state index is 0.235. The first-order valence-electron chi connectivity index (χ1n) is 10.3. The van der Waals surface area contributed by atoms with Crippen LogP contribution in [0, 0.1) is 0 Å². The molecule has 0 amide bonds. The Balaban J connectivity index is 1.40. The van der Waals surface area contributed by atoms with E-state index in [1.54, 1.807) is 6.20 Å². The van der Waals surface area contributed by atoms with Crippen molar-refractivity contribution in [3.63, 3.8) is 0 Å². The maximum atomic E-state index is 13.1. The highest BCUT2D eigenvalue weighted by molar-refractivity contribution is 6.09. The Morgan fingerprint density at radius 2 is 1.61 bits per heavy atom. The second-order valence-corrected chi connectivity index (χ2v) is 7.54. The highest BCUT2D eigenvalue weighted by Crippen LogP contribution is 2.44. The van der Waals surface area contributed by atoms with Gasteiger partial charge in [0.25, 0.3) is 0 Å². The van der Waals surface area contributed by atoms with Crippen LogP contribution in [0.3, 0.4) is 0 Å². The first-order chi connectivity index (χ1) is 15.2. The van der Waals surface area contributed by atoms with Crippen molar-refractivity contribution in [1.82, 2.24) is 4.98 Å². The van der Waals surface area contributed by atoms with Crippen molar-refractivity contribution in [3.05, 3.63) is 95.2 Å². The van der Waals surface area contributed by atoms with Gasteiger partial charge in [-0.2, -0.15) is 0 Å². The molecule has 0 fully saturated rings. The van der Waals surface area contributed by atoms with Crippen LogP contribution in [0.5, 0.6) is 11.5 Å². The fourth-order valence-electron chi connectivity index (χ4n) is 4.20. The molecule has 0 saturated heterocycles. The maximum Gasteiger partial charge on any atom is 0.318 e. The Kier molecular flexibility index (Phi) is 4.79. The van der Waals surface area contributed by atoms with Crippen LogP contribution in [-0.2, 0) is 16.0 Å². The number of aromatic nitrogens is 1. The van der Waals surface area contributed by atoms with E-state index < -0.39 is 11.9 Å². The van der Waals surface area contributed by atoms with E-state index >= 15 is 0 Å². The normalized spacial score (nSPS) is 12.7. The molecule has 4 aromatic rings. The van der Waals surface area contributed by atoms with Crippen molar-refractivity contribution < 1.29 is 19.1 Å². The zero-order chi connectivity index (χ0) is 21.4. The molecule has 2 heterocycles. The summed E-state index contributed by atoms with van der Waals surface area (Å²) < 4.78 is 11.5. The smallest absolute Gasteiger partial charge is 0.318 e. The molecule has 1 N–H and O–H groups in total. The van der Waals surface area contributed by atoms with Crippen LogP contribution < -0.4 is 4.74 Å². The van der Waals surface area contributed by atoms with Crippen LogP contribution in [0.2, 0.25) is 0 Å². The number of rotatable bonds is 5. The standard InChI is InChI=1S/C26H21NO4/c1-2-16-8-7-11-17-20(14-27-25(16)17)21(28)15-30-26(29)24-18-9-3-5-12-22(18)31-23-13-6-4-10-19(23)24/h3-14,24,27H,2,15H2,1H3. The summed E-state index contributed by atoms with van der Waals surface area (Å²) in [5.41, 5.74) is 4.10. The number of aromatic amines is 1. The Morgan fingerprint density at radius 1 is 0.935 bits per heavy atom. The molecule has 5 heteroatoms. The number of benzene rings is 3. The number of carbonyl (C=O) groups is 2. The number of esters is 1. The number of hydrogen-bond donors (Lipinski definition) is 1. The molecule has 0 radical (unpaired) electrons. The van der Waals surface area contributed by atoms with Gasteiger partial charge >= 0.3 is 5.97 Å². The number of ketones is 1. The van der Waals surface area contributed by atoms with Gasteiger partial charge < -0.3 is 14.5 Å². The lowest BCUT2D eigenvalue weighted by Gasteiger charge is -2.26. The van der Waals surface area contributed by atoms with Crippen molar-refractivity contribution in [2.45, 2.75) is 19.3 Å². The molecular weight excluding hydrogens is 390 g/mol. The van der Waals surface area contributed by atoms with Crippen LogP contribution >= 0.6 is 0 Å². The largest absolute Gasteiger partial charge is 0.457 e. The summed E-state index contributed by atoms with van der Waals surface area (Å²) in [6.07, 6.45) is 2.56. The van der Waals surface area contributed by atoms with E-state index in [-0.39, 0.29) is 12.4 Å². The molecule has 5 nitrogen and oxygen atoms in total. The summed E-state index contributed by atoms with van der Waals surface area (Å²) in [4.78, 5) is 29.2. The predicted molar refractivity (Wildman–Crippen MR) is 118 cm³/mol. The summed E-state index contributed by atoms with van der Waals surface area (Å²) in [6, 6.07) is 20.7. The summed E-state index contributed by atoms with van der Waals surface area (Å²) >= 11 is 0. The van der Waals surface area contributed by atoms with Crippen molar-refractivity contribution in [2.75, 3.05) is 6.61 Å². The number of hydrogen-bond acceptors (Lipinski definition) is 4. The first kappa shape index (κ1) is 19.1. The van der Waals surface area contributed by atoms with E-state index in [0.717, 1.165) is 34.0 Å². The van der Waals surface area contributed by atoms with Crippen LogP contribution in [0.1, 0.15) is 39.9 Å². The highest BCUT2D eigenvalue weighted by Gasteiger charge is 2.34. The quantitative estimate of drug-likeness (QED) is 0.353. The van der Waals surface area contributed by atoms with Crippen molar-refractivity contribution in [2.24, 2.45) is 0 Å². The Bertz CT molecular complexity index is 1260. The number of nitrogens with one attached hydrogen (secondary N) is 1. The van der Waals surface area contributed by atoms with Gasteiger partial charge in [-0.25, -0.2) is 0 Å². The topological polar surface area (TPSA) is 68.4 Å². The second kappa shape index (κ2) is 7.76. The molecule has 0 unspecified atom stereocenters. The van der Waals surface area contributed by atoms with Gasteiger partial charge in [0.15, 0.2) is 6.61 Å². The minimum atomic E-state index is -0.636. The molecule has 1 aliphatic heterocycles. The molecule has 0 bridgehead atoms. The van der Waals surface area contributed by atoms with E-state index in [4.69, 9.17) is 9.47 Å². The number of H-pyrrole nitrogens is 1. The maximum absolute atomic E-state index is 13.1. The number of Topliss-reactive ketones (excluding diaryl/α,β-unsaturated/α-hetero) is 1. The molecule has 31 heavy (non-hydrogen) atoms. The van der Waals surface area contributed by atoms with E-state index in [1.165, 1.54) is 0 Å². The molecule has 0 aliphatic carbocycles. The third-order valence-electron chi connectivity index (χ3n) is 5.74. The summed E-state index contributed by atoms with van der Waals surface area (Å²) in [5.74, 6) is -0.0906. The fraction of sp³-hybridized carbons (Fsp3) is 0.154. The fourth-order valence-corrected chi connectivity index (χ4v) is 4.20. The molecule has 1 aliphatic rings. The van der Waals surface area contributed by atoms with Gasteiger partial charge in [-0.1, -0.05) is 61.5 Å². The van der Waals surface area contributed by atoms with Crippen LogP contribution in [0.25, 0.3) is 10.9 Å². The monoisotopic (exact) mass is 411 g/mol. The molecule has 0 atom stereocenters. The van der Waals surface area contributed by atoms with Crippen molar-refractivity contribution in [1.29, 1.82) is 0 Å². The van der Waals surface area contributed by atoms with Gasteiger partial charge in [0.05, 0.1) is 0 Å². The molecule has 5 rings (SSSR count). The molecular formula is C26H21NO4. The Morgan fingerprint density at radius 3 is 2.29 bits per heavy atom. The highest BCUT2D eigenvalue weighted by atomic mass is 16.5. The van der Waals surface area contributed by atoms with E-state index in [0.29, 0.717) is 17.1 Å². The Hall–Kier alpha value is -3.86. The van der Waals surface area contributed by atoms with E-state index in [9.17, 15) is 9.59 Å². The van der Waals surface area contributed by atoms with Gasteiger partial charge in [0.2, 0.25) is 5.78 Å². The predicted octanol–water partition coefficient (Wildman–Crippen LogP) is 5.39. The van der Waals surface area contributed by atoms with E-state index in [2.05, 4.69) is 11.9 Å². The van der Waals surface area contributed by atoms with Crippen LogP contribution in [-0.4, -0.2) is 23.3 Å². The zero-order valence-corrected chi connectivity index (χ0v) is 17.1. The first-order valence-corrected chi connectivity index (χ1v) is 10.3. The number of ether oxygens (including phenoxy) is 2. The summed E-state index contributed by atoms with van der Waals surface area (Å²) in [7, 11) is 0. The SMILES string of the molecule is CCc1cccc2c(C(=O)COC(=O)C3c4ccccc4Oc4ccccc43)c[nH]c12. The average Bonchev–Trinajstić information content (AvgIpc) is 3.25.